The van der Waals surface area contributed by atoms with Crippen LogP contribution in [0.4, 0.5) is 11.6 Å². The number of anilines is 2. The second kappa shape index (κ2) is 8.19. The van der Waals surface area contributed by atoms with E-state index in [9.17, 15) is 0 Å². The van der Waals surface area contributed by atoms with Gasteiger partial charge in [0.2, 0.25) is 17.6 Å². The Morgan fingerprint density at radius 2 is 1.85 bits per heavy atom. The van der Waals surface area contributed by atoms with Gasteiger partial charge in [-0.3, -0.25) is 0 Å². The normalized spacial score (nSPS) is 11.0. The number of rotatable bonds is 6. The van der Waals surface area contributed by atoms with E-state index >= 15 is 0 Å². The largest absolute Gasteiger partial charge is 0.481 e. The van der Waals surface area contributed by atoms with E-state index in [1.165, 1.54) is 6.33 Å². The fourth-order valence-electron chi connectivity index (χ4n) is 3.59. The van der Waals surface area contributed by atoms with Gasteiger partial charge in [-0.1, -0.05) is 0 Å². The number of nitrogens with zero attached hydrogens (tertiary/aromatic N) is 8. The summed E-state index contributed by atoms with van der Waals surface area (Å²) in [6, 6.07) is 5.49. The first-order chi connectivity index (χ1) is 16.1. The minimum Gasteiger partial charge on any atom is -0.481 e. The maximum atomic E-state index is 5.22. The smallest absolute Gasteiger partial charge is 0.218 e. The third kappa shape index (κ3) is 3.69. The molecule has 0 atom stereocenters. The number of nitrogens with one attached hydrogen (secondary N) is 1. The Hall–Kier alpha value is -4.54. The molecule has 0 unspecified atom stereocenters. The van der Waals surface area contributed by atoms with Crippen LogP contribution >= 0.6 is 0 Å². The number of aryl methyl sites for hydroxylation is 2. The number of pyridine rings is 1. The summed E-state index contributed by atoms with van der Waals surface area (Å²) in [6.45, 7) is 2.02. The summed E-state index contributed by atoms with van der Waals surface area (Å²) in [5.41, 5.74) is 3.69. The summed E-state index contributed by atoms with van der Waals surface area (Å²) < 4.78 is 14.1. The third-order valence-electron chi connectivity index (χ3n) is 5.26. The highest BCUT2D eigenvalue weighted by Crippen LogP contribution is 2.33. The average Bonchev–Trinajstić information content (AvgIpc) is 3.42. The molecule has 0 aromatic carbocycles. The molecule has 11 heteroatoms. The van der Waals surface area contributed by atoms with Crippen molar-refractivity contribution in [3.05, 3.63) is 54.9 Å². The lowest BCUT2D eigenvalue weighted by atomic mass is 10.1. The van der Waals surface area contributed by atoms with E-state index in [1.807, 2.05) is 43.1 Å². The van der Waals surface area contributed by atoms with Gasteiger partial charge in [0, 0.05) is 55.1 Å². The molecule has 5 aromatic rings. The number of hydrogen-bond donors (Lipinski definition) is 1. The van der Waals surface area contributed by atoms with Crippen LogP contribution in [0.25, 0.3) is 28.3 Å². The molecular weight excluding hydrogens is 422 g/mol. The van der Waals surface area contributed by atoms with Gasteiger partial charge >= 0.3 is 0 Å². The summed E-state index contributed by atoms with van der Waals surface area (Å²) in [6.07, 6.45) is 8.71. The number of ether oxygens (including phenoxy) is 2. The number of methoxy groups -OCH3 is 2. The minimum atomic E-state index is 0.444. The van der Waals surface area contributed by atoms with Gasteiger partial charge in [0.15, 0.2) is 11.6 Å². The number of hydrogen-bond acceptors (Lipinski definition) is 9. The second-order valence-electron chi connectivity index (χ2n) is 7.27. The Morgan fingerprint density at radius 1 is 1.00 bits per heavy atom. The van der Waals surface area contributed by atoms with Crippen molar-refractivity contribution in [2.24, 2.45) is 7.05 Å². The molecule has 0 spiro atoms. The first kappa shape index (κ1) is 20.4. The van der Waals surface area contributed by atoms with Gasteiger partial charge in [-0.05, 0) is 18.6 Å². The molecule has 0 bridgehead atoms. The molecule has 0 aliphatic rings. The van der Waals surface area contributed by atoms with Crippen LogP contribution in [0.15, 0.2) is 49.3 Å². The summed E-state index contributed by atoms with van der Waals surface area (Å²) in [5.74, 6) is 3.22. The molecule has 0 amide bonds. The van der Waals surface area contributed by atoms with Gasteiger partial charge in [-0.15, -0.1) is 5.10 Å². The molecule has 0 saturated heterocycles. The maximum Gasteiger partial charge on any atom is 0.218 e. The van der Waals surface area contributed by atoms with Crippen LogP contribution in [0.2, 0.25) is 0 Å². The Morgan fingerprint density at radius 3 is 2.55 bits per heavy atom. The highest BCUT2D eigenvalue weighted by atomic mass is 16.5. The van der Waals surface area contributed by atoms with Crippen molar-refractivity contribution in [2.75, 3.05) is 19.5 Å². The monoisotopic (exact) mass is 443 g/mol. The van der Waals surface area contributed by atoms with Gasteiger partial charge in [0.1, 0.15) is 17.7 Å². The SMILES string of the molecule is COc1ccc(-c2cn3nc(-c4nccn4C)nc(Nc4cc(OC)ncn4)c3c2C)cn1. The van der Waals surface area contributed by atoms with E-state index in [0.29, 0.717) is 35.0 Å². The summed E-state index contributed by atoms with van der Waals surface area (Å²) in [7, 11) is 5.04. The maximum absolute atomic E-state index is 5.22. The quantitative estimate of drug-likeness (QED) is 0.422. The van der Waals surface area contributed by atoms with Gasteiger partial charge in [0.25, 0.3) is 0 Å². The van der Waals surface area contributed by atoms with Crippen LogP contribution in [0.1, 0.15) is 5.56 Å². The molecule has 0 saturated carbocycles. The molecule has 166 valence electrons. The molecule has 0 radical (unpaired) electrons. The summed E-state index contributed by atoms with van der Waals surface area (Å²) in [5, 5.41) is 8.03. The Balaban J connectivity index is 1.69. The number of aromatic nitrogens is 8. The Bertz CT molecular complexity index is 1440. The van der Waals surface area contributed by atoms with Gasteiger partial charge in [0.05, 0.1) is 14.2 Å². The molecule has 0 aliphatic heterocycles. The second-order valence-corrected chi connectivity index (χ2v) is 7.27. The first-order valence-corrected chi connectivity index (χ1v) is 10.1. The fourth-order valence-corrected chi connectivity index (χ4v) is 3.59. The van der Waals surface area contributed by atoms with Crippen LogP contribution in [0.5, 0.6) is 11.8 Å². The van der Waals surface area contributed by atoms with Crippen LogP contribution in [0, 0.1) is 6.92 Å². The van der Waals surface area contributed by atoms with Crippen molar-refractivity contribution < 1.29 is 9.47 Å². The number of imidazole rings is 1. The predicted octanol–water partition coefficient (Wildman–Crippen LogP) is 3.05. The molecule has 1 N–H and O–H groups in total. The minimum absolute atomic E-state index is 0.444. The van der Waals surface area contributed by atoms with Crippen molar-refractivity contribution in [2.45, 2.75) is 6.92 Å². The van der Waals surface area contributed by atoms with Gasteiger partial charge in [-0.25, -0.2) is 29.4 Å². The average molecular weight is 443 g/mol. The Labute approximate surface area is 189 Å². The lowest BCUT2D eigenvalue weighted by Crippen LogP contribution is -2.07. The van der Waals surface area contributed by atoms with Crippen LogP contribution < -0.4 is 14.8 Å². The van der Waals surface area contributed by atoms with E-state index in [2.05, 4.69) is 25.3 Å². The molecule has 11 nitrogen and oxygen atoms in total. The predicted molar refractivity (Wildman–Crippen MR) is 122 cm³/mol. The molecule has 5 aromatic heterocycles. The van der Waals surface area contributed by atoms with E-state index in [0.717, 1.165) is 22.2 Å². The van der Waals surface area contributed by atoms with Crippen molar-refractivity contribution in [1.82, 2.24) is 39.1 Å². The third-order valence-corrected chi connectivity index (χ3v) is 5.26. The van der Waals surface area contributed by atoms with Gasteiger partial charge < -0.3 is 19.4 Å². The van der Waals surface area contributed by atoms with Crippen molar-refractivity contribution in [1.29, 1.82) is 0 Å². The lowest BCUT2D eigenvalue weighted by molar-refractivity contribution is 0.397. The Kier molecular flexibility index (Phi) is 5.05. The molecule has 5 rings (SSSR count). The number of fused-ring (bicyclic) bond motifs is 1. The van der Waals surface area contributed by atoms with E-state index in [-0.39, 0.29) is 0 Å². The summed E-state index contributed by atoms with van der Waals surface area (Å²) >= 11 is 0. The fraction of sp³-hybridized carbons (Fsp3) is 0.182. The zero-order valence-electron chi connectivity index (χ0n) is 18.5. The highest BCUT2D eigenvalue weighted by Gasteiger charge is 2.19. The van der Waals surface area contributed by atoms with E-state index < -0.39 is 0 Å². The highest BCUT2D eigenvalue weighted by molar-refractivity contribution is 5.84. The van der Waals surface area contributed by atoms with Crippen molar-refractivity contribution in [3.8, 4) is 34.5 Å². The molecule has 0 fully saturated rings. The summed E-state index contributed by atoms with van der Waals surface area (Å²) in [4.78, 5) is 21.9. The molecule has 33 heavy (non-hydrogen) atoms. The zero-order valence-corrected chi connectivity index (χ0v) is 18.5. The lowest BCUT2D eigenvalue weighted by Gasteiger charge is -2.10. The van der Waals surface area contributed by atoms with Crippen molar-refractivity contribution >= 4 is 17.2 Å². The molecule has 5 heterocycles. The van der Waals surface area contributed by atoms with Gasteiger partial charge in [-0.2, -0.15) is 0 Å². The van der Waals surface area contributed by atoms with E-state index in [1.54, 1.807) is 37.2 Å². The first-order valence-electron chi connectivity index (χ1n) is 10.1. The topological polar surface area (TPSA) is 117 Å². The molecule has 0 aliphatic carbocycles. The standard InChI is InChI=1S/C22H21N9O2/c1-13-15(14-5-6-17(32-3)24-10-14)11-31-19(13)20(27-16-9-18(33-4)26-12-25-16)28-21(29-31)22-23-7-8-30(22)2/h5-12H,1-4H3,(H,25,26,27,28,29). The van der Waals surface area contributed by atoms with Crippen LogP contribution in [0.3, 0.4) is 0 Å². The van der Waals surface area contributed by atoms with Crippen molar-refractivity contribution in [3.63, 3.8) is 0 Å². The zero-order chi connectivity index (χ0) is 22.9. The van der Waals surface area contributed by atoms with Crippen LogP contribution in [-0.4, -0.2) is 53.3 Å². The molecular formula is C22H21N9O2. The van der Waals surface area contributed by atoms with E-state index in [4.69, 9.17) is 19.6 Å². The van der Waals surface area contributed by atoms with Crippen LogP contribution in [-0.2, 0) is 7.05 Å².